The maximum atomic E-state index is 12.6. The van der Waals surface area contributed by atoms with Gasteiger partial charge >= 0.3 is 0 Å². The predicted octanol–water partition coefficient (Wildman–Crippen LogP) is 3.28. The fourth-order valence-corrected chi connectivity index (χ4v) is 2.28. The van der Waals surface area contributed by atoms with E-state index in [2.05, 4.69) is 15.9 Å². The molecular weight excluding hydrogens is 322 g/mol. The van der Waals surface area contributed by atoms with E-state index in [0.717, 1.165) is 0 Å². The molecule has 0 saturated heterocycles. The summed E-state index contributed by atoms with van der Waals surface area (Å²) in [6.07, 6.45) is 0. The topological polar surface area (TPSA) is 61.5 Å². The average molecular weight is 336 g/mol. The molecular formula is C15H14BrNO3. The molecule has 0 saturated carbocycles. The highest BCUT2D eigenvalue weighted by molar-refractivity contribution is 9.10. The van der Waals surface area contributed by atoms with Gasteiger partial charge in [-0.1, -0.05) is 15.9 Å². The van der Waals surface area contributed by atoms with Gasteiger partial charge in [0.15, 0.2) is 5.78 Å². The van der Waals surface area contributed by atoms with Crippen LogP contribution in [0.4, 0.5) is 5.69 Å². The third-order valence-electron chi connectivity index (χ3n) is 2.89. The summed E-state index contributed by atoms with van der Waals surface area (Å²) in [5.41, 5.74) is 7.18. The summed E-state index contributed by atoms with van der Waals surface area (Å²) in [6, 6.07) is 10.2. The summed E-state index contributed by atoms with van der Waals surface area (Å²) in [7, 11) is 3.07. The molecule has 0 radical (unpaired) electrons. The number of nitrogens with two attached hydrogens (primary N) is 1. The third-order valence-corrected chi connectivity index (χ3v) is 3.58. The van der Waals surface area contributed by atoms with Crippen LogP contribution >= 0.6 is 15.9 Å². The monoisotopic (exact) mass is 335 g/mol. The molecule has 0 fully saturated rings. The number of ether oxygens (including phenoxy) is 2. The molecule has 0 aliphatic heterocycles. The molecule has 2 rings (SSSR count). The van der Waals surface area contributed by atoms with Crippen LogP contribution in [0.15, 0.2) is 40.9 Å². The molecule has 5 heteroatoms. The van der Waals surface area contributed by atoms with Crippen LogP contribution in [0, 0.1) is 0 Å². The largest absolute Gasteiger partial charge is 0.497 e. The minimum atomic E-state index is -0.181. The number of hydrogen-bond donors (Lipinski definition) is 1. The number of anilines is 1. The van der Waals surface area contributed by atoms with E-state index < -0.39 is 0 Å². The lowest BCUT2D eigenvalue weighted by Gasteiger charge is -2.11. The van der Waals surface area contributed by atoms with E-state index in [9.17, 15) is 4.79 Å². The van der Waals surface area contributed by atoms with Crippen molar-refractivity contribution < 1.29 is 14.3 Å². The van der Waals surface area contributed by atoms with Crippen molar-refractivity contribution in [1.82, 2.24) is 0 Å². The molecule has 4 nitrogen and oxygen atoms in total. The first-order chi connectivity index (χ1) is 9.56. The number of methoxy groups -OCH3 is 2. The molecule has 0 aliphatic rings. The second-order valence-corrected chi connectivity index (χ2v) is 4.99. The molecule has 0 atom stereocenters. The van der Waals surface area contributed by atoms with Gasteiger partial charge in [0.05, 0.1) is 19.8 Å². The molecule has 104 valence electrons. The Hall–Kier alpha value is -2.01. The van der Waals surface area contributed by atoms with Crippen LogP contribution in [0.25, 0.3) is 0 Å². The Morgan fingerprint density at radius 2 is 1.80 bits per heavy atom. The quantitative estimate of drug-likeness (QED) is 0.688. The summed E-state index contributed by atoms with van der Waals surface area (Å²) in [4.78, 5) is 12.6. The number of carbonyl (C=O) groups is 1. The van der Waals surface area contributed by atoms with Gasteiger partial charge in [0.25, 0.3) is 0 Å². The third kappa shape index (κ3) is 2.77. The zero-order valence-corrected chi connectivity index (χ0v) is 12.7. The van der Waals surface area contributed by atoms with E-state index >= 15 is 0 Å². The molecule has 0 amide bonds. The van der Waals surface area contributed by atoms with Gasteiger partial charge in [-0.25, -0.2) is 0 Å². The normalized spacial score (nSPS) is 10.2. The Morgan fingerprint density at radius 1 is 1.05 bits per heavy atom. The summed E-state index contributed by atoms with van der Waals surface area (Å²) >= 11 is 3.36. The van der Waals surface area contributed by atoms with Crippen LogP contribution in [-0.2, 0) is 0 Å². The van der Waals surface area contributed by atoms with E-state index in [1.165, 1.54) is 7.11 Å². The fourth-order valence-electron chi connectivity index (χ4n) is 1.85. The van der Waals surface area contributed by atoms with Crippen LogP contribution in [0.3, 0.4) is 0 Å². The van der Waals surface area contributed by atoms with Gasteiger partial charge in [0.1, 0.15) is 11.5 Å². The zero-order chi connectivity index (χ0) is 14.7. The average Bonchev–Trinajstić information content (AvgIpc) is 2.48. The minimum Gasteiger partial charge on any atom is -0.497 e. The van der Waals surface area contributed by atoms with Crippen LogP contribution < -0.4 is 15.2 Å². The van der Waals surface area contributed by atoms with E-state index in [0.29, 0.717) is 32.8 Å². The maximum absolute atomic E-state index is 12.6. The van der Waals surface area contributed by atoms with Gasteiger partial charge in [-0.2, -0.15) is 0 Å². The Balaban J connectivity index is 2.54. The highest BCUT2D eigenvalue weighted by Gasteiger charge is 2.18. The van der Waals surface area contributed by atoms with Crippen molar-refractivity contribution in [2.75, 3.05) is 20.0 Å². The lowest BCUT2D eigenvalue weighted by molar-refractivity contribution is 0.103. The summed E-state index contributed by atoms with van der Waals surface area (Å²) in [5, 5.41) is 0. The molecule has 2 aromatic rings. The van der Waals surface area contributed by atoms with E-state index in [-0.39, 0.29) is 5.78 Å². The van der Waals surface area contributed by atoms with Gasteiger partial charge in [0, 0.05) is 15.7 Å². The van der Waals surface area contributed by atoms with Gasteiger partial charge in [-0.05, 0) is 36.4 Å². The Bertz CT molecular complexity index is 656. The van der Waals surface area contributed by atoms with Crippen LogP contribution in [0.5, 0.6) is 11.5 Å². The fraction of sp³-hybridized carbons (Fsp3) is 0.133. The summed E-state index contributed by atoms with van der Waals surface area (Å²) in [6.45, 7) is 0. The predicted molar refractivity (Wildman–Crippen MR) is 81.5 cm³/mol. The summed E-state index contributed by atoms with van der Waals surface area (Å²) in [5.74, 6) is 0.902. The smallest absolute Gasteiger partial charge is 0.198 e. The van der Waals surface area contributed by atoms with Crippen molar-refractivity contribution in [2.45, 2.75) is 0 Å². The molecule has 0 heterocycles. The first kappa shape index (κ1) is 14.4. The number of halogens is 1. The Morgan fingerprint density at radius 3 is 2.45 bits per heavy atom. The number of carbonyl (C=O) groups excluding carboxylic acids is 1. The SMILES string of the molecule is COc1ccc(OC)c(C(=O)c2cc(N)ccc2Br)c1. The van der Waals surface area contributed by atoms with E-state index in [1.54, 1.807) is 43.5 Å². The Kier molecular flexibility index (Phi) is 4.29. The van der Waals surface area contributed by atoms with Crippen molar-refractivity contribution in [3.8, 4) is 11.5 Å². The first-order valence-electron chi connectivity index (χ1n) is 5.88. The lowest BCUT2D eigenvalue weighted by Crippen LogP contribution is -2.06. The summed E-state index contributed by atoms with van der Waals surface area (Å²) < 4.78 is 11.1. The van der Waals surface area contributed by atoms with Crippen molar-refractivity contribution in [3.05, 3.63) is 52.0 Å². The van der Waals surface area contributed by atoms with Crippen LogP contribution in [0.1, 0.15) is 15.9 Å². The van der Waals surface area contributed by atoms with Crippen LogP contribution in [-0.4, -0.2) is 20.0 Å². The molecule has 0 aromatic heterocycles. The first-order valence-corrected chi connectivity index (χ1v) is 6.68. The molecule has 0 spiro atoms. The minimum absolute atomic E-state index is 0.181. The number of hydrogen-bond acceptors (Lipinski definition) is 4. The second kappa shape index (κ2) is 5.96. The van der Waals surface area contributed by atoms with E-state index in [1.807, 2.05) is 0 Å². The maximum Gasteiger partial charge on any atom is 0.198 e. The van der Waals surface area contributed by atoms with Crippen molar-refractivity contribution in [1.29, 1.82) is 0 Å². The molecule has 0 bridgehead atoms. The van der Waals surface area contributed by atoms with E-state index in [4.69, 9.17) is 15.2 Å². The van der Waals surface area contributed by atoms with Crippen molar-refractivity contribution >= 4 is 27.4 Å². The molecule has 2 aromatic carbocycles. The molecule has 20 heavy (non-hydrogen) atoms. The van der Waals surface area contributed by atoms with Crippen molar-refractivity contribution in [2.24, 2.45) is 0 Å². The second-order valence-electron chi connectivity index (χ2n) is 4.13. The van der Waals surface area contributed by atoms with Crippen LogP contribution in [0.2, 0.25) is 0 Å². The van der Waals surface area contributed by atoms with Gasteiger partial charge in [-0.3, -0.25) is 4.79 Å². The molecule has 0 aliphatic carbocycles. The number of rotatable bonds is 4. The number of benzene rings is 2. The highest BCUT2D eigenvalue weighted by Crippen LogP contribution is 2.29. The lowest BCUT2D eigenvalue weighted by atomic mass is 10.0. The highest BCUT2D eigenvalue weighted by atomic mass is 79.9. The van der Waals surface area contributed by atoms with Gasteiger partial charge in [-0.15, -0.1) is 0 Å². The van der Waals surface area contributed by atoms with Gasteiger partial charge < -0.3 is 15.2 Å². The molecule has 2 N–H and O–H groups in total. The number of nitrogen functional groups attached to an aromatic ring is 1. The molecule has 0 unspecified atom stereocenters. The van der Waals surface area contributed by atoms with Crippen molar-refractivity contribution in [3.63, 3.8) is 0 Å². The Labute approximate surface area is 125 Å². The number of ketones is 1. The standard InChI is InChI=1S/C15H14BrNO3/c1-19-10-4-6-14(20-2)12(8-10)15(18)11-7-9(17)3-5-13(11)16/h3-8H,17H2,1-2H3. The van der Waals surface area contributed by atoms with Gasteiger partial charge in [0.2, 0.25) is 0 Å². The zero-order valence-electron chi connectivity index (χ0n) is 11.1.